The van der Waals surface area contributed by atoms with E-state index >= 15 is 0 Å². The van der Waals surface area contributed by atoms with Crippen molar-refractivity contribution < 1.29 is 20.1 Å². The normalized spacial score (nSPS) is 19.7. The Morgan fingerprint density at radius 3 is 2.60 bits per heavy atom. The third-order valence-electron chi connectivity index (χ3n) is 2.30. The lowest BCUT2D eigenvalue weighted by Gasteiger charge is -2.32. The molecule has 5 nitrogen and oxygen atoms in total. The van der Waals surface area contributed by atoms with Crippen LogP contribution in [0.25, 0.3) is 0 Å². The molecule has 0 fully saturated rings. The van der Waals surface area contributed by atoms with E-state index in [4.69, 9.17) is 5.11 Å². The van der Waals surface area contributed by atoms with Crippen molar-refractivity contribution in [2.75, 3.05) is 20.2 Å². The molecule has 0 heterocycles. The number of likely N-dealkylation sites (N-methyl/N-ethyl adjacent to an activating group) is 1. The average Bonchev–Trinajstić information content (AvgIpc) is 2.11. The minimum absolute atomic E-state index is 0.0761. The first kappa shape index (κ1) is 11.9. The van der Waals surface area contributed by atoms with Gasteiger partial charge in [0.05, 0.1) is 12.3 Å². The maximum Gasteiger partial charge on any atom is 0.226 e. The zero-order valence-corrected chi connectivity index (χ0v) is 8.77. The van der Waals surface area contributed by atoms with Crippen molar-refractivity contribution in [1.29, 1.82) is 0 Å². The minimum Gasteiger partial charge on any atom is -0.395 e. The van der Waals surface area contributed by atoms with Crippen molar-refractivity contribution in [2.24, 2.45) is 0 Å². The standard InChI is InChI=1S/C10H15NO4/c1-7-6-10(14,15)9(5-8(7)13)11(2)3-4-12/h5-6,12,14-15H,3-4H2,1-2H3. The Bertz CT molecular complexity index is 330. The lowest BCUT2D eigenvalue weighted by Crippen LogP contribution is -2.41. The molecule has 0 aromatic carbocycles. The number of hydrogen-bond donors (Lipinski definition) is 3. The molecule has 0 aromatic rings. The fraction of sp³-hybridized carbons (Fsp3) is 0.500. The third kappa shape index (κ3) is 2.44. The van der Waals surface area contributed by atoms with E-state index in [-0.39, 0.29) is 24.6 Å². The Morgan fingerprint density at radius 1 is 1.47 bits per heavy atom. The fourth-order valence-corrected chi connectivity index (χ4v) is 1.45. The maximum atomic E-state index is 11.3. The van der Waals surface area contributed by atoms with Crippen LogP contribution in [-0.2, 0) is 4.79 Å². The monoisotopic (exact) mass is 213 g/mol. The van der Waals surface area contributed by atoms with E-state index in [0.29, 0.717) is 5.57 Å². The van der Waals surface area contributed by atoms with Crippen LogP contribution in [-0.4, -0.2) is 52.0 Å². The summed E-state index contributed by atoms with van der Waals surface area (Å²) < 4.78 is 0. The van der Waals surface area contributed by atoms with Gasteiger partial charge in [-0.3, -0.25) is 4.79 Å². The summed E-state index contributed by atoms with van der Waals surface area (Å²) >= 11 is 0. The number of hydrogen-bond acceptors (Lipinski definition) is 5. The average molecular weight is 213 g/mol. The van der Waals surface area contributed by atoms with Gasteiger partial charge < -0.3 is 20.2 Å². The number of nitrogens with zero attached hydrogens (tertiary/aromatic N) is 1. The molecule has 84 valence electrons. The van der Waals surface area contributed by atoms with E-state index in [0.717, 1.165) is 6.08 Å². The van der Waals surface area contributed by atoms with E-state index in [1.807, 2.05) is 0 Å². The molecule has 0 spiro atoms. The van der Waals surface area contributed by atoms with Crippen LogP contribution in [0.2, 0.25) is 0 Å². The second-order valence-electron chi connectivity index (χ2n) is 3.59. The number of ketones is 1. The van der Waals surface area contributed by atoms with Gasteiger partial charge in [-0.1, -0.05) is 0 Å². The number of carbonyl (C=O) groups is 1. The van der Waals surface area contributed by atoms with Crippen molar-refractivity contribution >= 4 is 5.78 Å². The largest absolute Gasteiger partial charge is 0.395 e. The first-order chi connectivity index (χ1) is 6.88. The topological polar surface area (TPSA) is 81.0 Å². The number of carbonyl (C=O) groups excluding carboxylic acids is 1. The van der Waals surface area contributed by atoms with Gasteiger partial charge in [0.1, 0.15) is 0 Å². The fourth-order valence-electron chi connectivity index (χ4n) is 1.45. The van der Waals surface area contributed by atoms with Crippen molar-refractivity contribution in [3.8, 4) is 0 Å². The van der Waals surface area contributed by atoms with Gasteiger partial charge in [0.15, 0.2) is 5.78 Å². The van der Waals surface area contributed by atoms with Crippen molar-refractivity contribution in [3.05, 3.63) is 23.4 Å². The zero-order valence-electron chi connectivity index (χ0n) is 8.77. The molecule has 0 saturated carbocycles. The molecular weight excluding hydrogens is 198 g/mol. The molecule has 5 heteroatoms. The van der Waals surface area contributed by atoms with Crippen LogP contribution in [0, 0.1) is 0 Å². The molecule has 0 atom stereocenters. The van der Waals surface area contributed by atoms with Gasteiger partial charge >= 0.3 is 0 Å². The van der Waals surface area contributed by atoms with E-state index in [1.165, 1.54) is 17.9 Å². The van der Waals surface area contributed by atoms with Crippen LogP contribution in [0.3, 0.4) is 0 Å². The summed E-state index contributed by atoms with van der Waals surface area (Å²) in [6.45, 7) is 1.62. The third-order valence-corrected chi connectivity index (χ3v) is 2.30. The van der Waals surface area contributed by atoms with Gasteiger partial charge in [0.25, 0.3) is 0 Å². The molecule has 0 radical (unpaired) electrons. The minimum atomic E-state index is -2.14. The highest BCUT2D eigenvalue weighted by atomic mass is 16.5. The molecule has 0 unspecified atom stereocenters. The Balaban J connectivity index is 2.98. The highest BCUT2D eigenvalue weighted by Crippen LogP contribution is 2.25. The lowest BCUT2D eigenvalue weighted by molar-refractivity contribution is -0.119. The highest BCUT2D eigenvalue weighted by molar-refractivity contribution is 6.05. The quantitative estimate of drug-likeness (QED) is 0.524. The van der Waals surface area contributed by atoms with Crippen LogP contribution in [0.4, 0.5) is 0 Å². The molecule has 15 heavy (non-hydrogen) atoms. The van der Waals surface area contributed by atoms with Gasteiger partial charge in [-0.05, 0) is 18.6 Å². The van der Waals surface area contributed by atoms with Crippen LogP contribution in [0.15, 0.2) is 23.4 Å². The number of aliphatic hydroxyl groups excluding tert-OH is 1. The number of allylic oxidation sites excluding steroid dienone is 2. The molecule has 0 aliphatic heterocycles. The van der Waals surface area contributed by atoms with Gasteiger partial charge in [-0.25, -0.2) is 0 Å². The van der Waals surface area contributed by atoms with Gasteiger partial charge in [-0.15, -0.1) is 0 Å². The first-order valence-corrected chi connectivity index (χ1v) is 4.61. The summed E-state index contributed by atoms with van der Waals surface area (Å²) in [6, 6.07) is 0. The summed E-state index contributed by atoms with van der Waals surface area (Å²) in [5, 5.41) is 28.0. The summed E-state index contributed by atoms with van der Waals surface area (Å²) in [5.41, 5.74) is 0.369. The Hall–Kier alpha value is -1.17. The molecule has 1 aliphatic rings. The number of aliphatic hydroxyl groups is 3. The molecule has 0 amide bonds. The molecule has 1 rings (SSSR count). The van der Waals surface area contributed by atoms with Crippen molar-refractivity contribution in [2.45, 2.75) is 12.7 Å². The maximum absolute atomic E-state index is 11.3. The summed E-state index contributed by atoms with van der Waals surface area (Å²) in [6.07, 6.45) is 2.27. The van der Waals surface area contributed by atoms with Crippen molar-refractivity contribution in [3.63, 3.8) is 0 Å². The predicted octanol–water partition coefficient (Wildman–Crippen LogP) is -0.996. The second kappa shape index (κ2) is 4.14. The highest BCUT2D eigenvalue weighted by Gasteiger charge is 2.33. The van der Waals surface area contributed by atoms with E-state index in [1.54, 1.807) is 7.05 Å². The van der Waals surface area contributed by atoms with Crippen LogP contribution >= 0.6 is 0 Å². The van der Waals surface area contributed by atoms with E-state index < -0.39 is 5.79 Å². The summed E-state index contributed by atoms with van der Waals surface area (Å²) in [5.74, 6) is -2.39. The SMILES string of the molecule is CC1=CC(O)(O)C(N(C)CCO)=CC1=O. The van der Waals surface area contributed by atoms with Crippen LogP contribution in [0.1, 0.15) is 6.92 Å². The van der Waals surface area contributed by atoms with Gasteiger partial charge in [0, 0.05) is 19.7 Å². The van der Waals surface area contributed by atoms with Gasteiger partial charge in [-0.2, -0.15) is 0 Å². The van der Waals surface area contributed by atoms with Crippen LogP contribution < -0.4 is 0 Å². The van der Waals surface area contributed by atoms with Crippen molar-refractivity contribution in [1.82, 2.24) is 4.90 Å². The predicted molar refractivity (Wildman–Crippen MR) is 53.7 cm³/mol. The Labute approximate surface area is 87.9 Å². The number of rotatable bonds is 3. The molecule has 0 aromatic heterocycles. The van der Waals surface area contributed by atoms with E-state index in [9.17, 15) is 15.0 Å². The summed E-state index contributed by atoms with van der Waals surface area (Å²) in [4.78, 5) is 12.8. The smallest absolute Gasteiger partial charge is 0.226 e. The van der Waals surface area contributed by atoms with Crippen LogP contribution in [0.5, 0.6) is 0 Å². The molecule has 0 bridgehead atoms. The molecule has 1 aliphatic carbocycles. The Morgan fingerprint density at radius 2 is 2.07 bits per heavy atom. The molecule has 3 N–H and O–H groups in total. The second-order valence-corrected chi connectivity index (χ2v) is 3.59. The van der Waals surface area contributed by atoms with E-state index in [2.05, 4.69) is 0 Å². The molecule has 0 saturated heterocycles. The summed E-state index contributed by atoms with van der Waals surface area (Å²) in [7, 11) is 1.57. The Kier molecular flexibility index (Phi) is 3.28. The van der Waals surface area contributed by atoms with Gasteiger partial charge in [0.2, 0.25) is 5.79 Å². The first-order valence-electron chi connectivity index (χ1n) is 4.61. The lowest BCUT2D eigenvalue weighted by atomic mass is 9.98. The molecular formula is C10H15NO4. The zero-order chi connectivity index (χ0) is 11.6.